The van der Waals surface area contributed by atoms with Crippen LogP contribution < -0.4 is 9.80 Å². The fourth-order valence-electron chi connectivity index (χ4n) is 19.5. The summed E-state index contributed by atoms with van der Waals surface area (Å²) in [4.78, 5) is 4.70. The van der Waals surface area contributed by atoms with Gasteiger partial charge in [0.05, 0.1) is 44.5 Å². The number of hydrogen-bond donors (Lipinski definition) is 0. The molecule has 0 amide bonds. The molecular formula is C132H105N5. The van der Waals surface area contributed by atoms with Gasteiger partial charge in [0.2, 0.25) is 0 Å². The molecule has 0 N–H and O–H groups in total. The largest absolute Gasteiger partial charge is 0.310 e. The molecule has 0 aliphatic rings. The highest BCUT2D eigenvalue weighted by Crippen LogP contribution is 2.47. The molecular weight excluding hydrogens is 1660 g/mol. The molecule has 0 fully saturated rings. The average molecular weight is 1760 g/mol. The van der Waals surface area contributed by atoms with E-state index in [0.717, 1.165) is 34.1 Å². The van der Waals surface area contributed by atoms with E-state index in [1.54, 1.807) is 0 Å². The van der Waals surface area contributed by atoms with Crippen LogP contribution in [0.2, 0.25) is 0 Å². The number of aryl methyl sites for hydroxylation is 8. The van der Waals surface area contributed by atoms with E-state index >= 15 is 0 Å². The lowest BCUT2D eigenvalue weighted by Gasteiger charge is -2.30. The Labute approximate surface area is 802 Å². The van der Waals surface area contributed by atoms with Gasteiger partial charge in [-0.1, -0.05) is 357 Å². The smallest absolute Gasteiger partial charge is 0.0543 e. The maximum absolute atomic E-state index is 2.40. The zero-order valence-electron chi connectivity index (χ0n) is 78.5. The summed E-state index contributed by atoms with van der Waals surface area (Å²) in [5.41, 5.74) is 35.4. The first-order valence-electron chi connectivity index (χ1n) is 47.4. The van der Waals surface area contributed by atoms with Crippen molar-refractivity contribution in [3.63, 3.8) is 0 Å². The van der Waals surface area contributed by atoms with Gasteiger partial charge in [0, 0.05) is 82.9 Å². The first-order valence-corrected chi connectivity index (χ1v) is 47.4. The minimum Gasteiger partial charge on any atom is -0.310 e. The Balaban J connectivity index is 0.000000110. The van der Waals surface area contributed by atoms with Gasteiger partial charge >= 0.3 is 0 Å². The van der Waals surface area contributed by atoms with E-state index in [1.165, 1.54) is 203 Å². The Morgan fingerprint density at radius 3 is 0.781 bits per heavy atom. The van der Waals surface area contributed by atoms with Crippen molar-refractivity contribution < 1.29 is 0 Å². The van der Waals surface area contributed by atoms with Crippen LogP contribution in [-0.4, -0.2) is 13.7 Å². The van der Waals surface area contributed by atoms with Crippen molar-refractivity contribution in [3.05, 3.63) is 533 Å². The predicted octanol–water partition coefficient (Wildman–Crippen LogP) is 36.6. The summed E-state index contributed by atoms with van der Waals surface area (Å²) in [6, 6.07) is 164. The molecule has 0 bridgehead atoms. The van der Waals surface area contributed by atoms with E-state index in [-0.39, 0.29) is 0 Å². The number of para-hydroxylation sites is 2. The van der Waals surface area contributed by atoms with Crippen molar-refractivity contribution in [2.75, 3.05) is 9.80 Å². The summed E-state index contributed by atoms with van der Waals surface area (Å²) in [6.07, 6.45) is 13.2. The molecule has 658 valence electrons. The Morgan fingerprint density at radius 1 is 0.161 bits per heavy atom. The summed E-state index contributed by atoms with van der Waals surface area (Å²) in [7, 11) is 0. The Morgan fingerprint density at radius 2 is 0.423 bits per heavy atom. The lowest BCUT2D eigenvalue weighted by Crippen LogP contribution is -2.13. The molecule has 24 rings (SSSR count). The van der Waals surface area contributed by atoms with Gasteiger partial charge in [-0.2, -0.15) is 0 Å². The number of rotatable bonds is 15. The number of anilines is 6. The molecule has 0 radical (unpaired) electrons. The highest BCUT2D eigenvalue weighted by Gasteiger charge is 2.23. The van der Waals surface area contributed by atoms with Crippen LogP contribution in [0.5, 0.6) is 0 Å². The normalized spacial score (nSPS) is 11.6. The third-order valence-electron chi connectivity index (χ3n) is 26.4. The Hall–Kier alpha value is -17.1. The molecule has 137 heavy (non-hydrogen) atoms. The molecule has 0 unspecified atom stereocenters. The van der Waals surface area contributed by atoms with Crippen LogP contribution >= 0.6 is 0 Å². The topological polar surface area (TPSA) is 21.3 Å². The SMILES string of the molecule is Cc1ccc(N(c2ccccc2)c2ccc(N(c3ccccc3)c3ccc(C)cc3)c3ccccc23)cc1.Cc1ccc2c3ccc(C)cc3n(-c3ccc(/C=C/c4cccc5cc6ccccc6cc45)cc3)c2c1.Cc1ccc2c3ccc(C)cc3n(-c3ccc(/C=C/c4cccc5ccccc45)cc3)c2c1.Cc1ccc2c3ccc(C)cc3n(-c3ccc(/C=C/c4ccccc4)cc3)c2c1. The van der Waals surface area contributed by atoms with Gasteiger partial charge in [0.1, 0.15) is 0 Å². The van der Waals surface area contributed by atoms with E-state index in [2.05, 4.69) is 564 Å². The van der Waals surface area contributed by atoms with E-state index in [0.29, 0.717) is 0 Å². The van der Waals surface area contributed by atoms with Crippen molar-refractivity contribution in [3.8, 4) is 17.1 Å². The summed E-state index contributed by atoms with van der Waals surface area (Å²) < 4.78 is 7.17. The molecule has 0 aliphatic heterocycles. The second kappa shape index (κ2) is 38.2. The highest BCUT2D eigenvalue weighted by atomic mass is 15.2. The summed E-state index contributed by atoms with van der Waals surface area (Å²) >= 11 is 0. The van der Waals surface area contributed by atoms with Crippen LogP contribution in [0.15, 0.2) is 455 Å². The molecule has 24 aromatic rings. The van der Waals surface area contributed by atoms with Gasteiger partial charge < -0.3 is 23.5 Å². The monoisotopic (exact) mass is 1760 g/mol. The fraction of sp³-hybridized carbons (Fsp3) is 0.0606. The number of fused-ring (bicyclic) bond motifs is 13. The van der Waals surface area contributed by atoms with E-state index < -0.39 is 0 Å². The van der Waals surface area contributed by atoms with Crippen LogP contribution in [0, 0.1) is 55.4 Å². The Kier molecular flexibility index (Phi) is 24.2. The molecule has 0 saturated heterocycles. The lowest BCUT2D eigenvalue weighted by atomic mass is 9.99. The zero-order chi connectivity index (χ0) is 93.0. The average Bonchev–Trinajstić information content (AvgIpc) is 1.72. The number of nitrogens with zero attached hydrogens (tertiary/aromatic N) is 5. The van der Waals surface area contributed by atoms with Gasteiger partial charge in [-0.25, -0.2) is 0 Å². The van der Waals surface area contributed by atoms with E-state index in [9.17, 15) is 0 Å². The third-order valence-corrected chi connectivity index (χ3v) is 26.4. The lowest BCUT2D eigenvalue weighted by molar-refractivity contribution is 1.17. The quantitative estimate of drug-likeness (QED) is 0.0753. The van der Waals surface area contributed by atoms with Crippen molar-refractivity contribution in [2.24, 2.45) is 0 Å². The third kappa shape index (κ3) is 18.1. The molecule has 0 atom stereocenters. The van der Waals surface area contributed by atoms with Gasteiger partial charge in [-0.15, -0.1) is 0 Å². The van der Waals surface area contributed by atoms with Crippen LogP contribution in [0.3, 0.4) is 0 Å². The van der Waals surface area contributed by atoms with Crippen molar-refractivity contribution >= 4 is 179 Å². The standard InChI is InChI=1S/C36H30N2.C36H27N.C32H25N.C28H23N/c1-27-17-21-31(22-18-27)37(29-11-5-3-6-12-29)35-25-26-36(34-16-10-9-15-33(34)35)38(30-13-7-4-8-14-30)32-23-19-28(2)20-24-32;1-24-10-18-32-33-19-11-25(2)21-36(33)37(35(32)20-24)31-16-13-26(14-17-31)12-15-27-8-5-9-30-22-28-6-3-4-7-29(28)23-34(27)30;1-22-10-18-29-30-19-11-23(2)21-32(30)33(31(29)20-22)27-16-13-24(14-17-27)12-15-26-8-5-7-25-6-3-4-9-28(25)26;1-20-8-16-25-26-17-9-21(2)19-28(26)29(27(25)18-20)24-14-12-23(13-15-24)11-10-22-6-4-3-5-7-22/h3-26H,1-2H3;3-23H,1-2H3;3-21H,1-2H3;3-19H,1-2H3/b;2*15-12+;11-10+. The second-order valence-corrected chi connectivity index (χ2v) is 36.3. The summed E-state index contributed by atoms with van der Waals surface area (Å²) in [6.45, 7) is 17.2. The maximum atomic E-state index is 2.40. The minimum absolute atomic E-state index is 1.13. The summed E-state index contributed by atoms with van der Waals surface area (Å²) in [5.74, 6) is 0. The zero-order valence-corrected chi connectivity index (χ0v) is 78.5. The predicted molar refractivity (Wildman–Crippen MR) is 592 cm³/mol. The van der Waals surface area contributed by atoms with E-state index in [4.69, 9.17) is 0 Å². The van der Waals surface area contributed by atoms with Crippen molar-refractivity contribution in [2.45, 2.75) is 55.4 Å². The molecule has 0 aliphatic carbocycles. The van der Waals surface area contributed by atoms with Crippen LogP contribution in [0.1, 0.15) is 77.9 Å². The number of benzene rings is 21. The van der Waals surface area contributed by atoms with Crippen LogP contribution in [0.25, 0.3) is 162 Å². The second-order valence-electron chi connectivity index (χ2n) is 36.3. The molecule has 3 heterocycles. The van der Waals surface area contributed by atoms with E-state index in [1.807, 2.05) is 6.07 Å². The molecule has 0 saturated carbocycles. The number of hydrogen-bond acceptors (Lipinski definition) is 2. The number of aromatic nitrogens is 3. The minimum atomic E-state index is 1.13. The molecule has 5 heteroatoms. The molecule has 3 aromatic heterocycles. The summed E-state index contributed by atoms with van der Waals surface area (Å²) in [5, 5.41) is 17.9. The first-order chi connectivity index (χ1) is 67.2. The Bertz CT molecular complexity index is 8360. The van der Waals surface area contributed by atoms with Gasteiger partial charge in [0.25, 0.3) is 0 Å². The molecule has 21 aromatic carbocycles. The fourth-order valence-corrected chi connectivity index (χ4v) is 19.5. The maximum Gasteiger partial charge on any atom is 0.0543 e. The molecule has 0 spiro atoms. The van der Waals surface area contributed by atoms with Crippen molar-refractivity contribution in [1.82, 2.24) is 13.7 Å². The van der Waals surface area contributed by atoms with Gasteiger partial charge in [-0.3, -0.25) is 0 Å². The van der Waals surface area contributed by atoms with Gasteiger partial charge in [0.15, 0.2) is 0 Å². The van der Waals surface area contributed by atoms with Gasteiger partial charge in [-0.05, 0) is 300 Å². The van der Waals surface area contributed by atoms with Crippen LogP contribution in [0.4, 0.5) is 34.1 Å². The highest BCUT2D eigenvalue weighted by molar-refractivity contribution is 6.13. The molecule has 5 nitrogen and oxygen atoms in total. The van der Waals surface area contributed by atoms with Crippen LogP contribution in [-0.2, 0) is 0 Å². The van der Waals surface area contributed by atoms with Crippen molar-refractivity contribution in [1.29, 1.82) is 0 Å². The first kappa shape index (κ1) is 86.6.